The molecule has 0 saturated carbocycles. The van der Waals surface area contributed by atoms with Gasteiger partial charge in [0.05, 0.1) is 36.3 Å². The zero-order valence-corrected chi connectivity index (χ0v) is 32.4. The number of methoxy groups -OCH3 is 2. The number of carbonyl (C=O) groups is 7. The smallest absolute Gasteiger partial charge is 0.342 e. The van der Waals surface area contributed by atoms with Gasteiger partial charge in [0.25, 0.3) is 12.9 Å². The van der Waals surface area contributed by atoms with Crippen molar-refractivity contribution in [3.8, 4) is 11.1 Å². The third-order valence-corrected chi connectivity index (χ3v) is 9.43. The maximum absolute atomic E-state index is 13.6. The molecule has 1 aliphatic heterocycles. The zero-order chi connectivity index (χ0) is 41.7. The summed E-state index contributed by atoms with van der Waals surface area (Å²) in [5.74, 6) is -3.86. The van der Waals surface area contributed by atoms with Crippen LogP contribution in [0.1, 0.15) is 42.4 Å². The fraction of sp³-hybridized carbons (Fsp3) is 0.250. The third kappa shape index (κ3) is 10.5. The van der Waals surface area contributed by atoms with Gasteiger partial charge in [-0.3, -0.25) is 19.2 Å². The summed E-state index contributed by atoms with van der Waals surface area (Å²) in [6.45, 7) is 7.66. The summed E-state index contributed by atoms with van der Waals surface area (Å²) in [4.78, 5) is 95.6. The number of allylic oxidation sites excluding steroid dienone is 1. The van der Waals surface area contributed by atoms with Gasteiger partial charge in [-0.05, 0) is 38.0 Å². The van der Waals surface area contributed by atoms with Crippen LogP contribution in [-0.2, 0) is 52.5 Å². The van der Waals surface area contributed by atoms with Gasteiger partial charge in [0.1, 0.15) is 36.0 Å². The molecule has 0 spiro atoms. The molecule has 16 nitrogen and oxygen atoms in total. The summed E-state index contributed by atoms with van der Waals surface area (Å²) in [6.07, 6.45) is 2.51. The van der Waals surface area contributed by atoms with E-state index in [2.05, 4.69) is 22.2 Å². The molecule has 2 amide bonds. The highest BCUT2D eigenvalue weighted by Gasteiger charge is 2.37. The average Bonchev–Trinajstić information content (AvgIpc) is 3.75. The number of carbonyl (C=O) groups excluding carboxylic acids is 7. The molecule has 1 aliphatic rings. The van der Waals surface area contributed by atoms with Crippen LogP contribution in [-0.4, -0.2) is 91.6 Å². The molecule has 2 heterocycles. The van der Waals surface area contributed by atoms with Gasteiger partial charge in [0, 0.05) is 17.2 Å². The summed E-state index contributed by atoms with van der Waals surface area (Å²) in [6, 6.07) is 17.4. The van der Waals surface area contributed by atoms with Crippen molar-refractivity contribution in [3.05, 3.63) is 101 Å². The lowest BCUT2D eigenvalue weighted by Gasteiger charge is -2.23. The van der Waals surface area contributed by atoms with E-state index < -0.39 is 45.8 Å². The van der Waals surface area contributed by atoms with Crippen molar-refractivity contribution in [2.24, 2.45) is 10.4 Å². The normalized spacial score (nSPS) is 14.1. The number of aromatic amines is 1. The number of amidine groups is 1. The first-order valence-electron chi connectivity index (χ1n) is 17.1. The van der Waals surface area contributed by atoms with E-state index >= 15 is 0 Å². The Hall–Kier alpha value is -6.75. The molecule has 0 fully saturated rings. The lowest BCUT2D eigenvalue weighted by molar-refractivity contribution is -0.144. The van der Waals surface area contributed by atoms with Gasteiger partial charge in [0.2, 0.25) is 11.8 Å². The maximum Gasteiger partial charge on any atom is 0.342 e. The number of anilines is 1. The first kappa shape index (κ1) is 43.0. The van der Waals surface area contributed by atoms with Crippen LogP contribution in [0.3, 0.4) is 0 Å². The second-order valence-electron chi connectivity index (χ2n) is 12.6. The summed E-state index contributed by atoms with van der Waals surface area (Å²) >= 11 is 0.883. The predicted octanol–water partition coefficient (Wildman–Crippen LogP) is 4.45. The van der Waals surface area contributed by atoms with E-state index in [4.69, 9.17) is 28.7 Å². The number of nitrogens with one attached hydrogen (secondary N) is 3. The molecule has 2 aromatic carbocycles. The molecule has 298 valence electrons. The minimum absolute atomic E-state index is 0.0594. The number of thioether (sulfide) groups is 1. The highest BCUT2D eigenvalue weighted by molar-refractivity contribution is 8.01. The van der Waals surface area contributed by atoms with Crippen LogP contribution in [0.25, 0.3) is 22.8 Å². The number of nitrogens with zero attached hydrogens (tertiary/aromatic N) is 1. The third-order valence-electron chi connectivity index (χ3n) is 8.26. The van der Waals surface area contributed by atoms with Crippen LogP contribution in [0.4, 0.5) is 5.82 Å². The predicted molar refractivity (Wildman–Crippen MR) is 210 cm³/mol. The van der Waals surface area contributed by atoms with Crippen molar-refractivity contribution < 1.29 is 57.2 Å². The molecule has 0 bridgehead atoms. The highest BCUT2D eigenvalue weighted by atomic mass is 32.2. The highest BCUT2D eigenvalue weighted by Crippen LogP contribution is 2.40. The number of ether oxygens (including phenoxy) is 5. The van der Waals surface area contributed by atoms with Crippen LogP contribution in [0.15, 0.2) is 89.6 Å². The fourth-order valence-electron chi connectivity index (χ4n) is 5.40. The van der Waals surface area contributed by atoms with Gasteiger partial charge >= 0.3 is 17.9 Å². The topological polar surface area (TPSA) is 218 Å². The first-order valence-corrected chi connectivity index (χ1v) is 18.0. The molecule has 3 aromatic rings. The Morgan fingerprint density at radius 1 is 0.912 bits per heavy atom. The van der Waals surface area contributed by atoms with Crippen molar-refractivity contribution in [2.75, 3.05) is 32.8 Å². The number of amides is 2. The van der Waals surface area contributed by atoms with Crippen molar-refractivity contribution >= 4 is 77.7 Å². The number of esters is 3. The van der Waals surface area contributed by atoms with Crippen LogP contribution in [0, 0.1) is 5.41 Å². The monoisotopic (exact) mass is 800 g/mol. The van der Waals surface area contributed by atoms with Crippen molar-refractivity contribution in [2.45, 2.75) is 31.5 Å². The molecule has 0 saturated heterocycles. The lowest BCUT2D eigenvalue weighted by Crippen LogP contribution is -2.44. The van der Waals surface area contributed by atoms with Crippen molar-refractivity contribution in [1.29, 1.82) is 0 Å². The van der Waals surface area contributed by atoms with E-state index in [9.17, 15) is 33.6 Å². The molecule has 4 rings (SSSR count). The van der Waals surface area contributed by atoms with Gasteiger partial charge in [0.15, 0.2) is 5.44 Å². The van der Waals surface area contributed by atoms with E-state index in [0.29, 0.717) is 11.1 Å². The molecule has 17 heteroatoms. The Bertz CT molecular complexity index is 2120. The van der Waals surface area contributed by atoms with E-state index in [0.717, 1.165) is 17.8 Å². The second kappa shape index (κ2) is 19.7. The number of hydrogen-bond donors (Lipinski definition) is 3. The van der Waals surface area contributed by atoms with Crippen LogP contribution in [0.2, 0.25) is 0 Å². The number of benzene rings is 2. The molecule has 1 aromatic heterocycles. The molecule has 57 heavy (non-hydrogen) atoms. The number of H-pyrrole nitrogens is 1. The van der Waals surface area contributed by atoms with Gasteiger partial charge < -0.3 is 39.3 Å². The van der Waals surface area contributed by atoms with E-state index in [1.54, 1.807) is 60.7 Å². The van der Waals surface area contributed by atoms with E-state index in [-0.39, 0.29) is 71.5 Å². The van der Waals surface area contributed by atoms with Gasteiger partial charge in [-0.15, -0.1) is 11.8 Å². The fourth-order valence-corrected chi connectivity index (χ4v) is 6.30. The average molecular weight is 801 g/mol. The van der Waals surface area contributed by atoms with Gasteiger partial charge in [-0.2, -0.15) is 0 Å². The minimum atomic E-state index is -1.29. The molecule has 3 N–H and O–H groups in total. The van der Waals surface area contributed by atoms with Gasteiger partial charge in [-0.25, -0.2) is 19.4 Å². The Balaban J connectivity index is 1.92. The van der Waals surface area contributed by atoms with E-state index in [1.807, 2.05) is 0 Å². The molecule has 2 unspecified atom stereocenters. The Morgan fingerprint density at radius 3 is 2.12 bits per heavy atom. The van der Waals surface area contributed by atoms with Crippen LogP contribution in [0.5, 0.6) is 0 Å². The standard InChI is InChI=1S/C40H40N4O12S/c1-7-28(47)55-20-40(3,4)39(51)44-35-33(38(50)53-6)31(25-16-12-9-13-17-25)27(42-35)18-26-30(24-14-10-8-11-15-24)32(37(49)52-5)34(41-26)43-36(48)23(2)57-29(56-22-46)19-54-21-45/h7-18,21-23,29,41H,1,19-20H2,2-6H3,(H,43,48)(H,42,44,51)/b27-18-. The summed E-state index contributed by atoms with van der Waals surface area (Å²) in [5, 5.41) is 4.51. The number of aliphatic imine (C=N–C) groups is 1. The zero-order valence-electron chi connectivity index (χ0n) is 31.6. The van der Waals surface area contributed by atoms with E-state index in [1.165, 1.54) is 41.1 Å². The number of rotatable bonds is 18. The largest absolute Gasteiger partial charge is 0.465 e. The molecular weight excluding hydrogens is 761 g/mol. The van der Waals surface area contributed by atoms with Crippen LogP contribution < -0.4 is 10.6 Å². The Morgan fingerprint density at radius 2 is 1.54 bits per heavy atom. The maximum atomic E-state index is 13.6. The molecule has 0 aliphatic carbocycles. The Kier molecular flexibility index (Phi) is 14.9. The number of hydrogen-bond acceptors (Lipinski definition) is 14. The molecular formula is C40H40N4O12S. The minimum Gasteiger partial charge on any atom is -0.465 e. The van der Waals surface area contributed by atoms with Crippen LogP contribution >= 0.6 is 11.8 Å². The first-order chi connectivity index (χ1) is 27.3. The van der Waals surface area contributed by atoms with Crippen molar-refractivity contribution in [1.82, 2.24) is 10.3 Å². The summed E-state index contributed by atoms with van der Waals surface area (Å²) in [7, 11) is 2.35. The quantitative estimate of drug-likeness (QED) is 0.0533. The lowest BCUT2D eigenvalue weighted by atomic mass is 9.93. The van der Waals surface area contributed by atoms with Gasteiger partial charge in [-0.1, -0.05) is 67.2 Å². The molecule has 2 atom stereocenters. The SMILES string of the molecule is C=CC(=O)OCC(C)(C)C(=O)NC1=N/C(=C\c2[nH]c(NC(=O)C(C)SC(COC=O)OC=O)c(C(=O)OC)c2-c2ccccc2)C(c2ccccc2)=C1C(=O)OC. The number of aromatic nitrogens is 1. The Labute approximate surface area is 331 Å². The second-order valence-corrected chi connectivity index (χ2v) is 14.1. The summed E-state index contributed by atoms with van der Waals surface area (Å²) in [5.41, 5.74) is -0.473. The summed E-state index contributed by atoms with van der Waals surface area (Å²) < 4.78 is 25.1. The van der Waals surface area contributed by atoms with Crippen molar-refractivity contribution in [3.63, 3.8) is 0 Å². The molecule has 0 radical (unpaired) electrons.